The summed E-state index contributed by atoms with van der Waals surface area (Å²) in [6, 6.07) is 16.2. The lowest BCUT2D eigenvalue weighted by molar-refractivity contribution is -0.145. The zero-order valence-electron chi connectivity index (χ0n) is 12.8. The second-order valence-electron chi connectivity index (χ2n) is 5.10. The summed E-state index contributed by atoms with van der Waals surface area (Å²) < 4.78 is 29.5. The van der Waals surface area contributed by atoms with Crippen molar-refractivity contribution in [2.24, 2.45) is 0 Å². The molecule has 5 heteroatoms. The molecule has 2 aromatic rings. The van der Waals surface area contributed by atoms with E-state index in [4.69, 9.17) is 4.74 Å². The van der Waals surface area contributed by atoms with Crippen molar-refractivity contribution in [2.45, 2.75) is 16.6 Å². The predicted octanol–water partition coefficient (Wildman–Crippen LogP) is 3.10. The number of hydrogen-bond donors (Lipinski definition) is 0. The van der Waals surface area contributed by atoms with Crippen LogP contribution in [0.5, 0.6) is 0 Å². The van der Waals surface area contributed by atoms with Gasteiger partial charge in [-0.15, -0.1) is 0 Å². The molecule has 2 rings (SSSR count). The van der Waals surface area contributed by atoms with Crippen molar-refractivity contribution >= 4 is 15.8 Å². The van der Waals surface area contributed by atoms with Crippen LogP contribution in [0.1, 0.15) is 12.5 Å². The maximum atomic E-state index is 13.1. The van der Waals surface area contributed by atoms with Gasteiger partial charge in [-0.25, -0.2) is 13.2 Å². The van der Waals surface area contributed by atoms with Gasteiger partial charge in [0.2, 0.25) is 0 Å². The molecule has 0 saturated carbocycles. The number of rotatable bonds is 6. The molecular formula is C18H18O4S. The average molecular weight is 330 g/mol. The van der Waals surface area contributed by atoms with Gasteiger partial charge in [0.15, 0.2) is 14.6 Å². The Balaban J connectivity index is 2.63. The van der Waals surface area contributed by atoms with Gasteiger partial charge in [0.1, 0.15) is 6.61 Å². The molecule has 0 aliphatic heterocycles. The van der Waals surface area contributed by atoms with Gasteiger partial charge >= 0.3 is 5.97 Å². The van der Waals surface area contributed by atoms with Gasteiger partial charge in [0.25, 0.3) is 0 Å². The first-order valence-corrected chi connectivity index (χ1v) is 8.56. The van der Waals surface area contributed by atoms with E-state index in [-0.39, 0.29) is 11.5 Å². The zero-order chi connectivity index (χ0) is 16.9. The molecule has 2 aromatic carbocycles. The fraction of sp³-hybridized carbons (Fsp3) is 0.167. The van der Waals surface area contributed by atoms with Gasteiger partial charge in [0.05, 0.1) is 4.90 Å². The summed E-state index contributed by atoms with van der Waals surface area (Å²) in [4.78, 5) is 12.7. The van der Waals surface area contributed by atoms with Crippen LogP contribution in [-0.2, 0) is 24.1 Å². The first-order valence-electron chi connectivity index (χ1n) is 7.08. The lowest BCUT2D eigenvalue weighted by atomic mass is 10.0. The SMILES string of the molecule is C=CCOC(=O)[C@@](C)(c1ccccc1)S(=O)(=O)c1ccccc1. The van der Waals surface area contributed by atoms with Crippen molar-refractivity contribution in [2.75, 3.05) is 6.61 Å². The average Bonchev–Trinajstić information content (AvgIpc) is 2.60. The van der Waals surface area contributed by atoms with Crippen molar-refractivity contribution in [1.29, 1.82) is 0 Å². The fourth-order valence-corrected chi connectivity index (χ4v) is 3.96. The normalized spacial score (nSPS) is 13.8. The highest BCUT2D eigenvalue weighted by Crippen LogP contribution is 2.36. The largest absolute Gasteiger partial charge is 0.460 e. The van der Waals surface area contributed by atoms with Crippen LogP contribution in [0.3, 0.4) is 0 Å². The van der Waals surface area contributed by atoms with E-state index in [1.54, 1.807) is 48.5 Å². The molecule has 120 valence electrons. The highest BCUT2D eigenvalue weighted by molar-refractivity contribution is 7.93. The molecule has 0 saturated heterocycles. The molecule has 0 spiro atoms. The highest BCUT2D eigenvalue weighted by Gasteiger charge is 2.50. The summed E-state index contributed by atoms with van der Waals surface area (Å²) >= 11 is 0. The van der Waals surface area contributed by atoms with Crippen LogP contribution in [-0.4, -0.2) is 21.0 Å². The van der Waals surface area contributed by atoms with Gasteiger partial charge in [0, 0.05) is 0 Å². The van der Waals surface area contributed by atoms with Crippen LogP contribution in [0.15, 0.2) is 78.2 Å². The Kier molecular flexibility index (Phi) is 5.01. The number of benzene rings is 2. The zero-order valence-corrected chi connectivity index (χ0v) is 13.6. The second-order valence-corrected chi connectivity index (χ2v) is 7.40. The van der Waals surface area contributed by atoms with E-state index in [2.05, 4.69) is 6.58 Å². The van der Waals surface area contributed by atoms with Gasteiger partial charge in [-0.3, -0.25) is 0 Å². The molecule has 4 nitrogen and oxygen atoms in total. The minimum atomic E-state index is -3.99. The molecule has 0 unspecified atom stereocenters. The van der Waals surface area contributed by atoms with Crippen molar-refractivity contribution in [3.8, 4) is 0 Å². The Hall–Kier alpha value is -2.40. The Labute approximate surface area is 136 Å². The molecular weight excluding hydrogens is 312 g/mol. The standard InChI is InChI=1S/C18H18O4S/c1-3-14-22-17(19)18(2,15-10-6-4-7-11-15)23(20,21)16-12-8-5-9-13-16/h3-13H,1,14H2,2H3/t18-/m1/s1. The third kappa shape index (κ3) is 3.05. The first kappa shape index (κ1) is 17.0. The monoisotopic (exact) mass is 330 g/mol. The van der Waals surface area contributed by atoms with Crippen molar-refractivity contribution in [3.05, 3.63) is 78.9 Å². The van der Waals surface area contributed by atoms with Crippen molar-refractivity contribution < 1.29 is 17.9 Å². The summed E-state index contributed by atoms with van der Waals surface area (Å²) in [5, 5.41) is 0. The van der Waals surface area contributed by atoms with Crippen molar-refractivity contribution in [3.63, 3.8) is 0 Å². The molecule has 0 radical (unpaired) electrons. The van der Waals surface area contributed by atoms with Crippen LogP contribution in [0.2, 0.25) is 0 Å². The van der Waals surface area contributed by atoms with Gasteiger partial charge < -0.3 is 4.74 Å². The molecule has 0 N–H and O–H groups in total. The lowest BCUT2D eigenvalue weighted by Crippen LogP contribution is -2.42. The summed E-state index contributed by atoms with van der Waals surface area (Å²) in [6.07, 6.45) is 1.40. The Morgan fingerprint density at radius 1 is 1.09 bits per heavy atom. The third-order valence-electron chi connectivity index (χ3n) is 3.64. The minimum Gasteiger partial charge on any atom is -0.460 e. The molecule has 1 atom stereocenters. The van der Waals surface area contributed by atoms with E-state index in [1.807, 2.05) is 0 Å². The molecule has 0 aliphatic carbocycles. The maximum Gasteiger partial charge on any atom is 0.332 e. The lowest BCUT2D eigenvalue weighted by Gasteiger charge is -2.27. The van der Waals surface area contributed by atoms with Crippen LogP contribution in [0.4, 0.5) is 0 Å². The van der Waals surface area contributed by atoms with Crippen LogP contribution >= 0.6 is 0 Å². The van der Waals surface area contributed by atoms with E-state index >= 15 is 0 Å². The van der Waals surface area contributed by atoms with E-state index in [0.29, 0.717) is 5.56 Å². The molecule has 0 aromatic heterocycles. The van der Waals surface area contributed by atoms with E-state index in [0.717, 1.165) is 0 Å². The Bertz CT molecular complexity index is 782. The molecule has 0 bridgehead atoms. The number of carbonyl (C=O) groups is 1. The number of esters is 1. The van der Waals surface area contributed by atoms with E-state index < -0.39 is 20.6 Å². The molecule has 0 fully saturated rings. The minimum absolute atomic E-state index is 0.0500. The van der Waals surface area contributed by atoms with Gasteiger partial charge in [-0.05, 0) is 24.6 Å². The van der Waals surface area contributed by atoms with Crippen LogP contribution in [0.25, 0.3) is 0 Å². The summed E-state index contributed by atoms with van der Waals surface area (Å²) in [6.45, 7) is 4.80. The smallest absolute Gasteiger partial charge is 0.332 e. The Morgan fingerprint density at radius 3 is 2.13 bits per heavy atom. The topological polar surface area (TPSA) is 60.4 Å². The number of hydrogen-bond acceptors (Lipinski definition) is 4. The van der Waals surface area contributed by atoms with E-state index in [1.165, 1.54) is 25.1 Å². The number of sulfone groups is 1. The number of carbonyl (C=O) groups excluding carboxylic acids is 1. The quantitative estimate of drug-likeness (QED) is 0.603. The van der Waals surface area contributed by atoms with Crippen molar-refractivity contribution in [1.82, 2.24) is 0 Å². The van der Waals surface area contributed by atoms with Crippen LogP contribution < -0.4 is 0 Å². The number of ether oxygens (including phenoxy) is 1. The van der Waals surface area contributed by atoms with Gasteiger partial charge in [-0.2, -0.15) is 0 Å². The summed E-state index contributed by atoms with van der Waals surface area (Å²) in [7, 11) is -3.99. The summed E-state index contributed by atoms with van der Waals surface area (Å²) in [5.74, 6) is -0.826. The molecule has 0 amide bonds. The maximum absolute atomic E-state index is 13.1. The van der Waals surface area contributed by atoms with Gasteiger partial charge in [-0.1, -0.05) is 61.2 Å². The fourth-order valence-electron chi connectivity index (χ4n) is 2.25. The third-order valence-corrected chi connectivity index (χ3v) is 6.01. The predicted molar refractivity (Wildman–Crippen MR) is 88.6 cm³/mol. The second kappa shape index (κ2) is 6.79. The molecule has 23 heavy (non-hydrogen) atoms. The summed E-state index contributed by atoms with van der Waals surface area (Å²) in [5.41, 5.74) is 0.359. The first-order chi connectivity index (χ1) is 10.9. The van der Waals surface area contributed by atoms with Crippen LogP contribution in [0, 0.1) is 0 Å². The molecule has 0 aliphatic rings. The van der Waals surface area contributed by atoms with E-state index in [9.17, 15) is 13.2 Å². The Morgan fingerprint density at radius 2 is 1.61 bits per heavy atom. The highest BCUT2D eigenvalue weighted by atomic mass is 32.2. The molecule has 0 heterocycles.